The maximum absolute atomic E-state index is 13.7. The van der Waals surface area contributed by atoms with Crippen LogP contribution < -0.4 is 0 Å². The summed E-state index contributed by atoms with van der Waals surface area (Å²) in [5, 5.41) is 0. The van der Waals surface area contributed by atoms with Crippen LogP contribution >= 0.6 is 0 Å². The van der Waals surface area contributed by atoms with E-state index in [1.54, 1.807) is 9.80 Å². The Labute approximate surface area is 166 Å². The number of nitrogens with zero attached hydrogens (tertiary/aromatic N) is 3. The summed E-state index contributed by atoms with van der Waals surface area (Å²) in [6, 6.07) is 9.80. The van der Waals surface area contributed by atoms with Crippen LogP contribution in [0.25, 0.3) is 0 Å². The highest BCUT2D eigenvalue weighted by Gasteiger charge is 2.46. The number of benzene rings is 1. The van der Waals surface area contributed by atoms with Crippen molar-refractivity contribution in [2.45, 2.75) is 31.6 Å². The molecule has 6 nitrogen and oxygen atoms in total. The Kier molecular flexibility index (Phi) is 6.17. The molecular weight excluding hydrogens is 354 g/mol. The summed E-state index contributed by atoms with van der Waals surface area (Å²) in [7, 11) is 0. The van der Waals surface area contributed by atoms with Crippen molar-refractivity contribution in [1.29, 1.82) is 0 Å². The van der Waals surface area contributed by atoms with Gasteiger partial charge in [0.2, 0.25) is 17.7 Å². The molecule has 150 valence electrons. The molecule has 2 aliphatic heterocycles. The first-order chi connectivity index (χ1) is 13.5. The van der Waals surface area contributed by atoms with Crippen molar-refractivity contribution in [2.24, 2.45) is 0 Å². The number of piperidine rings is 1. The third-order valence-electron chi connectivity index (χ3n) is 6.04. The Morgan fingerprint density at radius 3 is 2.36 bits per heavy atom. The number of amides is 3. The Balaban J connectivity index is 1.88. The van der Waals surface area contributed by atoms with Gasteiger partial charge in [-0.1, -0.05) is 36.9 Å². The van der Waals surface area contributed by atoms with E-state index in [1.165, 1.54) is 6.08 Å². The molecule has 1 aromatic rings. The molecule has 0 saturated carbocycles. The Morgan fingerprint density at radius 2 is 1.75 bits per heavy atom. The number of hydrogen-bond donors (Lipinski definition) is 0. The lowest BCUT2D eigenvalue weighted by Crippen LogP contribution is -2.54. The minimum absolute atomic E-state index is 0.00991. The monoisotopic (exact) mass is 383 g/mol. The number of rotatable bonds is 4. The molecule has 1 aromatic carbocycles. The van der Waals surface area contributed by atoms with Crippen LogP contribution in [-0.2, 0) is 19.8 Å². The molecular formula is C22H29N3O3. The lowest BCUT2D eigenvalue weighted by atomic mass is 9.71. The molecule has 2 saturated heterocycles. The quantitative estimate of drug-likeness (QED) is 0.745. The van der Waals surface area contributed by atoms with E-state index in [4.69, 9.17) is 0 Å². The number of likely N-dealkylation sites (tertiary alicyclic amines) is 1. The second-order valence-corrected chi connectivity index (χ2v) is 7.53. The van der Waals surface area contributed by atoms with E-state index in [9.17, 15) is 14.4 Å². The van der Waals surface area contributed by atoms with Crippen molar-refractivity contribution in [3.63, 3.8) is 0 Å². The van der Waals surface area contributed by atoms with Crippen LogP contribution in [0.4, 0.5) is 0 Å². The SMILES string of the molecule is C=CC(=O)N1CCC(C(=O)N2CCCN(CC)C(=O)C2)(c2ccccc2)CC1. The molecule has 0 atom stereocenters. The first-order valence-corrected chi connectivity index (χ1v) is 10.1. The van der Waals surface area contributed by atoms with E-state index in [0.717, 1.165) is 12.0 Å². The topological polar surface area (TPSA) is 60.9 Å². The standard InChI is InChI=1S/C22H29N3O3/c1-3-19(26)24-15-11-22(12-16-24,18-9-6-5-7-10-18)21(28)25-14-8-13-23(4-2)20(27)17-25/h3,5-7,9-10H,1,4,8,11-17H2,2H3. The average molecular weight is 383 g/mol. The fourth-order valence-electron chi connectivity index (χ4n) is 4.35. The van der Waals surface area contributed by atoms with Crippen molar-refractivity contribution < 1.29 is 14.4 Å². The summed E-state index contributed by atoms with van der Waals surface area (Å²) in [6.07, 6.45) is 3.22. The van der Waals surface area contributed by atoms with E-state index < -0.39 is 5.41 Å². The Hall–Kier alpha value is -2.63. The zero-order valence-electron chi connectivity index (χ0n) is 16.6. The smallest absolute Gasteiger partial charge is 0.245 e. The fraction of sp³-hybridized carbons (Fsp3) is 0.500. The fourth-order valence-corrected chi connectivity index (χ4v) is 4.35. The Morgan fingerprint density at radius 1 is 1.07 bits per heavy atom. The van der Waals surface area contributed by atoms with Gasteiger partial charge in [0.25, 0.3) is 0 Å². The van der Waals surface area contributed by atoms with Gasteiger partial charge in [0.05, 0.1) is 12.0 Å². The highest BCUT2D eigenvalue weighted by Crippen LogP contribution is 2.38. The van der Waals surface area contributed by atoms with Crippen LogP contribution in [0, 0.1) is 0 Å². The number of likely N-dealkylation sites (N-methyl/N-ethyl adjacent to an activating group) is 1. The molecule has 28 heavy (non-hydrogen) atoms. The second-order valence-electron chi connectivity index (χ2n) is 7.53. The highest BCUT2D eigenvalue weighted by atomic mass is 16.2. The van der Waals surface area contributed by atoms with Crippen molar-refractivity contribution in [3.8, 4) is 0 Å². The zero-order chi connectivity index (χ0) is 20.1. The average Bonchev–Trinajstić information content (AvgIpc) is 2.94. The molecule has 2 heterocycles. The van der Waals surface area contributed by atoms with Crippen molar-refractivity contribution in [1.82, 2.24) is 14.7 Å². The van der Waals surface area contributed by atoms with Crippen LogP contribution in [0.2, 0.25) is 0 Å². The van der Waals surface area contributed by atoms with Crippen molar-refractivity contribution >= 4 is 17.7 Å². The summed E-state index contributed by atoms with van der Waals surface area (Å²) < 4.78 is 0. The van der Waals surface area contributed by atoms with Crippen LogP contribution in [-0.4, -0.2) is 71.7 Å². The molecule has 3 amide bonds. The maximum Gasteiger partial charge on any atom is 0.245 e. The first-order valence-electron chi connectivity index (χ1n) is 10.1. The molecule has 0 spiro atoms. The van der Waals surface area contributed by atoms with Crippen molar-refractivity contribution in [2.75, 3.05) is 39.3 Å². The third kappa shape index (κ3) is 3.81. The van der Waals surface area contributed by atoms with Gasteiger partial charge in [-0.2, -0.15) is 0 Å². The minimum Gasteiger partial charge on any atom is -0.341 e. The van der Waals surface area contributed by atoms with Crippen molar-refractivity contribution in [3.05, 3.63) is 48.6 Å². The Bertz CT molecular complexity index is 739. The van der Waals surface area contributed by atoms with Gasteiger partial charge in [0.15, 0.2) is 0 Å². The van der Waals surface area contributed by atoms with E-state index >= 15 is 0 Å². The third-order valence-corrected chi connectivity index (χ3v) is 6.04. The molecule has 2 aliphatic rings. The summed E-state index contributed by atoms with van der Waals surface area (Å²) in [5.41, 5.74) is 0.274. The summed E-state index contributed by atoms with van der Waals surface area (Å²) in [6.45, 7) is 8.63. The van der Waals surface area contributed by atoms with Gasteiger partial charge < -0.3 is 14.7 Å². The van der Waals surface area contributed by atoms with Gasteiger partial charge in [-0.15, -0.1) is 0 Å². The predicted octanol–water partition coefficient (Wildman–Crippen LogP) is 1.81. The van der Waals surface area contributed by atoms with Gasteiger partial charge in [-0.3, -0.25) is 14.4 Å². The molecule has 0 bridgehead atoms. The van der Waals surface area contributed by atoms with Crippen LogP contribution in [0.15, 0.2) is 43.0 Å². The van der Waals surface area contributed by atoms with Gasteiger partial charge in [0, 0.05) is 32.7 Å². The molecule has 0 N–H and O–H groups in total. The van der Waals surface area contributed by atoms with Gasteiger partial charge in [0.1, 0.15) is 0 Å². The minimum atomic E-state index is -0.694. The maximum atomic E-state index is 13.7. The number of carbonyl (C=O) groups is 3. The second kappa shape index (κ2) is 8.59. The van der Waals surface area contributed by atoms with E-state index in [-0.39, 0.29) is 24.3 Å². The van der Waals surface area contributed by atoms with E-state index in [0.29, 0.717) is 45.6 Å². The first kappa shape index (κ1) is 20.1. The zero-order valence-corrected chi connectivity index (χ0v) is 16.6. The van der Waals surface area contributed by atoms with E-state index in [1.807, 2.05) is 42.2 Å². The lowest BCUT2D eigenvalue weighted by Gasteiger charge is -2.43. The highest BCUT2D eigenvalue weighted by molar-refractivity contribution is 5.93. The van der Waals surface area contributed by atoms with Crippen LogP contribution in [0.1, 0.15) is 31.7 Å². The molecule has 0 radical (unpaired) electrons. The largest absolute Gasteiger partial charge is 0.341 e. The molecule has 0 unspecified atom stereocenters. The number of carbonyl (C=O) groups excluding carboxylic acids is 3. The lowest BCUT2D eigenvalue weighted by molar-refractivity contribution is -0.145. The molecule has 3 rings (SSSR count). The summed E-state index contributed by atoms with van der Waals surface area (Å²) >= 11 is 0. The van der Waals surface area contributed by atoms with Crippen LogP contribution in [0.5, 0.6) is 0 Å². The molecule has 0 aliphatic carbocycles. The summed E-state index contributed by atoms with van der Waals surface area (Å²) in [5.74, 6) is -0.0795. The normalized spacial score (nSPS) is 19.9. The molecule has 0 aromatic heterocycles. The summed E-state index contributed by atoms with van der Waals surface area (Å²) in [4.78, 5) is 43.6. The van der Waals surface area contributed by atoms with Gasteiger partial charge >= 0.3 is 0 Å². The van der Waals surface area contributed by atoms with Gasteiger partial charge in [-0.05, 0) is 37.8 Å². The van der Waals surface area contributed by atoms with Gasteiger partial charge in [-0.25, -0.2) is 0 Å². The molecule has 2 fully saturated rings. The van der Waals surface area contributed by atoms with E-state index in [2.05, 4.69) is 6.58 Å². The molecule has 6 heteroatoms. The van der Waals surface area contributed by atoms with Crippen LogP contribution in [0.3, 0.4) is 0 Å². The number of hydrogen-bond acceptors (Lipinski definition) is 3. The predicted molar refractivity (Wildman–Crippen MR) is 108 cm³/mol.